The van der Waals surface area contributed by atoms with E-state index in [2.05, 4.69) is 11.4 Å². The molecule has 2 aliphatic rings. The van der Waals surface area contributed by atoms with Gasteiger partial charge in [-0.25, -0.2) is 0 Å². The summed E-state index contributed by atoms with van der Waals surface area (Å²) in [4.78, 5) is 11.8. The minimum atomic E-state index is -0.231. The minimum Gasteiger partial charge on any atom is -0.454 e. The molecule has 1 atom stereocenters. The zero-order valence-corrected chi connectivity index (χ0v) is 11.6. The number of nitrogens with zero attached hydrogens (tertiary/aromatic N) is 1. The number of hydrogen-bond acceptors (Lipinski definition) is 5. The van der Waals surface area contributed by atoms with Crippen LogP contribution in [0.5, 0.6) is 11.5 Å². The van der Waals surface area contributed by atoms with E-state index in [4.69, 9.17) is 9.47 Å². The lowest BCUT2D eigenvalue weighted by molar-refractivity contribution is -0.120. The van der Waals surface area contributed by atoms with Crippen LogP contribution < -0.4 is 14.8 Å². The number of rotatable bonds is 2. The smallest absolute Gasteiger partial charge is 0.231 e. The number of fused-ring (bicyclic) bond motifs is 1. The summed E-state index contributed by atoms with van der Waals surface area (Å²) in [5.74, 6) is 1.06. The first-order valence-electron chi connectivity index (χ1n) is 6.10. The number of carbonyl (C=O) groups is 1. The minimum absolute atomic E-state index is 0.0731. The maximum absolute atomic E-state index is 11.8. The largest absolute Gasteiger partial charge is 0.454 e. The van der Waals surface area contributed by atoms with Crippen molar-refractivity contribution in [1.82, 2.24) is 5.32 Å². The van der Waals surface area contributed by atoms with Crippen LogP contribution in [-0.2, 0) is 4.79 Å². The van der Waals surface area contributed by atoms with E-state index < -0.39 is 0 Å². The predicted molar refractivity (Wildman–Crippen MR) is 74.2 cm³/mol. The fraction of sp³-hybridized carbons (Fsp3) is 0.286. The lowest BCUT2D eigenvalue weighted by atomic mass is 9.87. The molecular formula is C14H12N2O3S. The number of nitrogens with one attached hydrogen (secondary N) is 1. The van der Waals surface area contributed by atoms with E-state index in [1.54, 1.807) is 0 Å². The normalized spacial score (nSPS) is 20.6. The fourth-order valence-electron chi connectivity index (χ4n) is 2.39. The number of thioether (sulfide) groups is 1. The number of nitriles is 1. The first kappa shape index (κ1) is 12.9. The van der Waals surface area contributed by atoms with Gasteiger partial charge in [0.1, 0.15) is 0 Å². The summed E-state index contributed by atoms with van der Waals surface area (Å²) in [6.07, 6.45) is 2.11. The van der Waals surface area contributed by atoms with Gasteiger partial charge in [0.05, 0.1) is 16.7 Å². The van der Waals surface area contributed by atoms with Gasteiger partial charge in [-0.05, 0) is 24.0 Å². The lowest BCUT2D eigenvalue weighted by Crippen LogP contribution is -2.30. The molecule has 0 fully saturated rings. The van der Waals surface area contributed by atoms with E-state index in [1.807, 2.05) is 24.5 Å². The molecule has 0 saturated heterocycles. The van der Waals surface area contributed by atoms with Crippen LogP contribution in [0.15, 0.2) is 28.8 Å². The van der Waals surface area contributed by atoms with Crippen LogP contribution in [0.1, 0.15) is 17.9 Å². The van der Waals surface area contributed by atoms with Crippen LogP contribution >= 0.6 is 11.8 Å². The predicted octanol–water partition coefficient (Wildman–Crippen LogP) is 2.12. The maximum Gasteiger partial charge on any atom is 0.231 e. The molecule has 2 heterocycles. The summed E-state index contributed by atoms with van der Waals surface area (Å²) in [6.45, 7) is 0.209. The Kier molecular flexibility index (Phi) is 3.28. The molecule has 5 nitrogen and oxygen atoms in total. The Hall–Kier alpha value is -2.13. The summed E-state index contributed by atoms with van der Waals surface area (Å²) < 4.78 is 10.6. The van der Waals surface area contributed by atoms with E-state index in [-0.39, 0.29) is 25.0 Å². The van der Waals surface area contributed by atoms with Crippen LogP contribution in [0.3, 0.4) is 0 Å². The summed E-state index contributed by atoms with van der Waals surface area (Å²) >= 11 is 1.38. The molecule has 0 radical (unpaired) electrons. The third-order valence-electron chi connectivity index (χ3n) is 3.36. The van der Waals surface area contributed by atoms with Crippen molar-refractivity contribution in [3.05, 3.63) is 34.4 Å². The number of hydrogen-bond donors (Lipinski definition) is 1. The molecule has 0 saturated carbocycles. The van der Waals surface area contributed by atoms with Gasteiger partial charge >= 0.3 is 0 Å². The molecule has 2 aliphatic heterocycles. The average molecular weight is 288 g/mol. The Morgan fingerprint density at radius 1 is 1.40 bits per heavy atom. The van der Waals surface area contributed by atoms with Crippen LogP contribution in [0, 0.1) is 11.3 Å². The molecule has 20 heavy (non-hydrogen) atoms. The maximum atomic E-state index is 11.8. The number of benzene rings is 1. The van der Waals surface area contributed by atoms with Crippen molar-refractivity contribution in [2.45, 2.75) is 12.3 Å². The molecule has 0 spiro atoms. The molecule has 0 aliphatic carbocycles. The molecule has 3 rings (SSSR count). The average Bonchev–Trinajstić information content (AvgIpc) is 2.93. The Labute approximate surface area is 120 Å². The highest BCUT2D eigenvalue weighted by atomic mass is 32.2. The molecule has 1 amide bonds. The van der Waals surface area contributed by atoms with E-state index in [0.29, 0.717) is 22.1 Å². The number of amides is 1. The van der Waals surface area contributed by atoms with Crippen LogP contribution in [-0.4, -0.2) is 19.0 Å². The molecule has 0 bridgehead atoms. The molecule has 1 aromatic carbocycles. The van der Waals surface area contributed by atoms with Crippen LogP contribution in [0.2, 0.25) is 0 Å². The molecule has 6 heteroatoms. The van der Waals surface area contributed by atoms with Gasteiger partial charge in [0.2, 0.25) is 12.7 Å². The lowest BCUT2D eigenvalue weighted by Gasteiger charge is -2.24. The quantitative estimate of drug-likeness (QED) is 0.902. The van der Waals surface area contributed by atoms with E-state index in [9.17, 15) is 10.1 Å². The first-order valence-corrected chi connectivity index (χ1v) is 7.33. The molecular weight excluding hydrogens is 276 g/mol. The third kappa shape index (κ3) is 2.10. The highest BCUT2D eigenvalue weighted by Crippen LogP contribution is 2.40. The van der Waals surface area contributed by atoms with E-state index in [1.165, 1.54) is 11.8 Å². The molecule has 102 valence electrons. The van der Waals surface area contributed by atoms with Gasteiger partial charge < -0.3 is 14.8 Å². The van der Waals surface area contributed by atoms with Crippen molar-refractivity contribution in [3.63, 3.8) is 0 Å². The second-order valence-electron chi connectivity index (χ2n) is 4.48. The van der Waals surface area contributed by atoms with Crippen molar-refractivity contribution in [3.8, 4) is 17.6 Å². The van der Waals surface area contributed by atoms with Crippen molar-refractivity contribution < 1.29 is 14.3 Å². The first-order chi connectivity index (χ1) is 9.72. The molecule has 1 N–H and O–H groups in total. The van der Waals surface area contributed by atoms with Gasteiger partial charge in [0.25, 0.3) is 0 Å². The van der Waals surface area contributed by atoms with Crippen molar-refractivity contribution in [2.24, 2.45) is 0 Å². The van der Waals surface area contributed by atoms with Crippen LogP contribution in [0.4, 0.5) is 0 Å². The van der Waals surface area contributed by atoms with Gasteiger partial charge in [-0.15, -0.1) is 11.8 Å². The fourth-order valence-corrected chi connectivity index (χ4v) is 3.02. The van der Waals surface area contributed by atoms with Crippen LogP contribution in [0.25, 0.3) is 0 Å². The molecule has 0 aromatic heterocycles. The van der Waals surface area contributed by atoms with Crippen molar-refractivity contribution in [1.29, 1.82) is 5.26 Å². The summed E-state index contributed by atoms with van der Waals surface area (Å²) in [7, 11) is 0. The number of ether oxygens (including phenoxy) is 2. The van der Waals surface area contributed by atoms with E-state index in [0.717, 1.165) is 5.56 Å². The van der Waals surface area contributed by atoms with Crippen molar-refractivity contribution >= 4 is 17.7 Å². The highest BCUT2D eigenvalue weighted by molar-refractivity contribution is 8.02. The SMILES string of the molecule is CSC1=C(C#N)[C@H](c2ccc3c(c2)OCO3)CC(=O)N1. The molecule has 0 unspecified atom stereocenters. The van der Waals surface area contributed by atoms with Gasteiger partial charge in [-0.1, -0.05) is 6.07 Å². The Bertz CT molecular complexity index is 648. The zero-order valence-electron chi connectivity index (χ0n) is 10.8. The summed E-state index contributed by atoms with van der Waals surface area (Å²) in [5, 5.41) is 12.8. The van der Waals surface area contributed by atoms with Gasteiger partial charge in [-0.3, -0.25) is 4.79 Å². The van der Waals surface area contributed by atoms with Gasteiger partial charge in [0, 0.05) is 12.3 Å². The summed E-state index contributed by atoms with van der Waals surface area (Å²) in [6, 6.07) is 7.76. The number of allylic oxidation sites excluding steroid dienone is 1. The standard InChI is InChI=1S/C14H12N2O3S/c1-20-14-10(6-15)9(5-13(17)16-14)8-2-3-11-12(4-8)19-7-18-11/h2-4,9H,5,7H2,1H3,(H,16,17)/t9-/m0/s1. The van der Waals surface area contributed by atoms with Gasteiger partial charge in [0.15, 0.2) is 11.5 Å². The zero-order chi connectivity index (χ0) is 14.1. The van der Waals surface area contributed by atoms with Crippen molar-refractivity contribution in [2.75, 3.05) is 13.0 Å². The summed E-state index contributed by atoms with van der Waals surface area (Å²) in [5.41, 5.74) is 1.49. The topological polar surface area (TPSA) is 71.3 Å². The third-order valence-corrected chi connectivity index (χ3v) is 4.09. The second kappa shape index (κ2) is 5.10. The second-order valence-corrected chi connectivity index (χ2v) is 5.29. The number of carbonyl (C=O) groups excluding carboxylic acids is 1. The Balaban J connectivity index is 2.04. The molecule has 1 aromatic rings. The van der Waals surface area contributed by atoms with Gasteiger partial charge in [-0.2, -0.15) is 5.26 Å². The Morgan fingerprint density at radius 3 is 2.95 bits per heavy atom. The highest BCUT2D eigenvalue weighted by Gasteiger charge is 2.30. The Morgan fingerprint density at radius 2 is 2.20 bits per heavy atom. The van der Waals surface area contributed by atoms with E-state index >= 15 is 0 Å². The monoisotopic (exact) mass is 288 g/mol.